The number of hydrazine groups is 1. The van der Waals surface area contributed by atoms with Crippen LogP contribution in [-0.2, 0) is 16.1 Å². The summed E-state index contributed by atoms with van der Waals surface area (Å²) in [5, 5.41) is 3.68. The second-order valence-electron chi connectivity index (χ2n) is 8.55. The Kier molecular flexibility index (Phi) is 5.26. The van der Waals surface area contributed by atoms with Gasteiger partial charge < -0.3 is 15.4 Å². The van der Waals surface area contributed by atoms with E-state index >= 15 is 0 Å². The Bertz CT molecular complexity index is 1170. The Hall–Kier alpha value is -3.85. The maximum absolute atomic E-state index is 13.0. The molecule has 2 aliphatic heterocycles. The van der Waals surface area contributed by atoms with Crippen molar-refractivity contribution >= 4 is 29.1 Å². The van der Waals surface area contributed by atoms with Gasteiger partial charge in [0.25, 0.3) is 5.91 Å². The fourth-order valence-corrected chi connectivity index (χ4v) is 4.17. The molecule has 9 nitrogen and oxygen atoms in total. The molecular formula is C24H25N5O4. The van der Waals surface area contributed by atoms with Crippen LogP contribution in [0.5, 0.6) is 5.75 Å². The summed E-state index contributed by atoms with van der Waals surface area (Å²) in [6, 6.07) is 12.2. The zero-order chi connectivity index (χ0) is 23.1. The summed E-state index contributed by atoms with van der Waals surface area (Å²) in [5.41, 5.74) is 9.39. The average Bonchev–Trinajstić information content (AvgIpc) is 3.56. The van der Waals surface area contributed by atoms with Crippen LogP contribution in [0.1, 0.15) is 47.2 Å². The number of ether oxygens (including phenoxy) is 1. The highest BCUT2D eigenvalue weighted by molar-refractivity contribution is 6.05. The summed E-state index contributed by atoms with van der Waals surface area (Å²) in [4.78, 5) is 38.2. The van der Waals surface area contributed by atoms with E-state index in [4.69, 9.17) is 16.3 Å². The molecule has 1 saturated heterocycles. The molecule has 0 radical (unpaired) electrons. The van der Waals surface area contributed by atoms with Gasteiger partial charge in [-0.1, -0.05) is 18.2 Å². The zero-order valence-corrected chi connectivity index (χ0v) is 18.0. The normalized spacial score (nSPS) is 20.5. The van der Waals surface area contributed by atoms with Crippen molar-refractivity contribution in [3.8, 4) is 5.75 Å². The molecule has 5 N–H and O–H groups in total. The maximum atomic E-state index is 13.0. The molecule has 3 aliphatic rings. The number of carbonyl (C=O) groups is 3. The van der Waals surface area contributed by atoms with Gasteiger partial charge >= 0.3 is 0 Å². The maximum Gasteiger partial charge on any atom is 0.255 e. The zero-order valence-electron chi connectivity index (χ0n) is 18.0. The number of benzene rings is 2. The Labute approximate surface area is 190 Å². The number of hydrogen-bond acceptors (Lipinski definition) is 7. The van der Waals surface area contributed by atoms with E-state index in [1.807, 2.05) is 30.3 Å². The molecule has 2 heterocycles. The fraction of sp³-hybridized carbons (Fsp3) is 0.292. The van der Waals surface area contributed by atoms with E-state index in [-0.39, 0.29) is 24.3 Å². The summed E-state index contributed by atoms with van der Waals surface area (Å²) in [6.07, 6.45) is 4.45. The lowest BCUT2D eigenvalue weighted by atomic mass is 10.0. The van der Waals surface area contributed by atoms with Crippen LogP contribution in [0.4, 0.5) is 5.69 Å². The first-order chi connectivity index (χ1) is 15.9. The minimum absolute atomic E-state index is 0.217. The van der Waals surface area contributed by atoms with Gasteiger partial charge in [0, 0.05) is 30.3 Å². The molecule has 33 heavy (non-hydrogen) atoms. The number of hydrogen-bond donors (Lipinski definition) is 3. The molecule has 2 fully saturated rings. The standard InChI is InChI=1S/C24H25N5O4/c25-19(17-3-1-2-4-21(17)33-16-7-8-16)13-29(26)15-6-5-14-12-28(24(32)18(14)11-15)20-9-10-22(30)27-23(20)31/h1-6,11,13,16,20H,7-10,12,25-26H2,(H,27,30,31)/b19-13-. The molecule has 2 aromatic carbocycles. The van der Waals surface area contributed by atoms with Crippen LogP contribution in [0, 0.1) is 0 Å². The van der Waals surface area contributed by atoms with Gasteiger partial charge in [0.1, 0.15) is 11.8 Å². The minimum Gasteiger partial charge on any atom is -0.490 e. The van der Waals surface area contributed by atoms with Crippen LogP contribution in [0.2, 0.25) is 0 Å². The third-order valence-corrected chi connectivity index (χ3v) is 6.10. The van der Waals surface area contributed by atoms with Gasteiger partial charge in [0.2, 0.25) is 11.8 Å². The van der Waals surface area contributed by atoms with Gasteiger partial charge in [-0.25, -0.2) is 5.84 Å². The molecule has 5 rings (SSSR count). The van der Waals surface area contributed by atoms with Gasteiger partial charge in [-0.15, -0.1) is 0 Å². The molecule has 1 unspecified atom stereocenters. The largest absolute Gasteiger partial charge is 0.490 e. The molecular weight excluding hydrogens is 422 g/mol. The number of amides is 3. The van der Waals surface area contributed by atoms with E-state index < -0.39 is 11.9 Å². The first kappa shape index (κ1) is 21.0. The van der Waals surface area contributed by atoms with E-state index in [9.17, 15) is 14.4 Å². The number of piperidine rings is 1. The number of imide groups is 1. The van der Waals surface area contributed by atoms with Crippen molar-refractivity contribution < 1.29 is 19.1 Å². The van der Waals surface area contributed by atoms with Gasteiger partial charge in [-0.05, 0) is 49.1 Å². The van der Waals surface area contributed by atoms with E-state index in [2.05, 4.69) is 5.32 Å². The molecule has 170 valence electrons. The van der Waals surface area contributed by atoms with Crippen LogP contribution in [0.25, 0.3) is 5.70 Å². The molecule has 3 amide bonds. The minimum atomic E-state index is -0.654. The molecule has 0 aromatic heterocycles. The lowest BCUT2D eigenvalue weighted by Crippen LogP contribution is -2.52. The summed E-state index contributed by atoms with van der Waals surface area (Å²) >= 11 is 0. The van der Waals surface area contributed by atoms with Crippen LogP contribution in [0.3, 0.4) is 0 Å². The third kappa shape index (κ3) is 4.14. The molecule has 0 bridgehead atoms. The predicted molar refractivity (Wildman–Crippen MR) is 121 cm³/mol. The number of carbonyl (C=O) groups excluding carboxylic acids is 3. The lowest BCUT2D eigenvalue weighted by molar-refractivity contribution is -0.136. The van der Waals surface area contributed by atoms with Crippen LogP contribution in [0.15, 0.2) is 48.7 Å². The Morgan fingerprint density at radius 2 is 1.91 bits per heavy atom. The summed E-state index contributed by atoms with van der Waals surface area (Å²) in [7, 11) is 0. The number of fused-ring (bicyclic) bond motifs is 1. The second kappa shape index (κ2) is 8.25. The Morgan fingerprint density at radius 1 is 1.12 bits per heavy atom. The quantitative estimate of drug-likeness (QED) is 0.348. The summed E-state index contributed by atoms with van der Waals surface area (Å²) in [5.74, 6) is 5.98. The molecule has 0 spiro atoms. The highest BCUT2D eigenvalue weighted by Crippen LogP contribution is 2.32. The number of nitrogens with zero attached hydrogens (tertiary/aromatic N) is 2. The Balaban J connectivity index is 1.35. The van der Waals surface area contributed by atoms with Crippen LogP contribution < -0.4 is 26.6 Å². The van der Waals surface area contributed by atoms with Crippen molar-refractivity contribution in [3.05, 3.63) is 65.4 Å². The summed E-state index contributed by atoms with van der Waals surface area (Å²) in [6.45, 7) is 0.315. The fourth-order valence-electron chi connectivity index (χ4n) is 4.17. The van der Waals surface area contributed by atoms with Crippen molar-refractivity contribution in [1.29, 1.82) is 0 Å². The van der Waals surface area contributed by atoms with Gasteiger partial charge in [-0.2, -0.15) is 0 Å². The van der Waals surface area contributed by atoms with Gasteiger partial charge in [0.15, 0.2) is 0 Å². The molecule has 2 aromatic rings. The summed E-state index contributed by atoms with van der Waals surface area (Å²) < 4.78 is 5.94. The number of rotatable bonds is 6. The molecule has 1 atom stereocenters. The van der Waals surface area contributed by atoms with Crippen LogP contribution >= 0.6 is 0 Å². The van der Waals surface area contributed by atoms with E-state index in [0.717, 1.165) is 24.0 Å². The SMILES string of the molecule is N/C(=C\N(N)c1ccc2c(c1)C(=O)N(C1CCC(=O)NC1=O)C2)c1ccccc1OC1CC1. The van der Waals surface area contributed by atoms with Gasteiger partial charge in [0.05, 0.1) is 17.5 Å². The second-order valence-corrected chi connectivity index (χ2v) is 8.55. The predicted octanol–water partition coefficient (Wildman–Crippen LogP) is 1.63. The number of anilines is 1. The van der Waals surface area contributed by atoms with E-state index in [1.165, 1.54) is 9.91 Å². The van der Waals surface area contributed by atoms with Crippen molar-refractivity contribution in [2.75, 3.05) is 5.01 Å². The Morgan fingerprint density at radius 3 is 2.67 bits per heavy atom. The van der Waals surface area contributed by atoms with E-state index in [1.54, 1.807) is 18.3 Å². The number of nitrogens with one attached hydrogen (secondary N) is 1. The smallest absolute Gasteiger partial charge is 0.255 e. The molecule has 1 aliphatic carbocycles. The monoisotopic (exact) mass is 447 g/mol. The topological polar surface area (TPSA) is 131 Å². The highest BCUT2D eigenvalue weighted by atomic mass is 16.5. The molecule has 9 heteroatoms. The molecule has 1 saturated carbocycles. The lowest BCUT2D eigenvalue weighted by Gasteiger charge is -2.29. The van der Waals surface area contributed by atoms with Crippen molar-refractivity contribution in [2.24, 2.45) is 11.6 Å². The van der Waals surface area contributed by atoms with Gasteiger partial charge in [-0.3, -0.25) is 24.7 Å². The number of para-hydroxylation sites is 1. The van der Waals surface area contributed by atoms with Crippen molar-refractivity contribution in [3.63, 3.8) is 0 Å². The first-order valence-corrected chi connectivity index (χ1v) is 11.0. The average molecular weight is 447 g/mol. The first-order valence-electron chi connectivity index (χ1n) is 11.0. The highest BCUT2D eigenvalue weighted by Gasteiger charge is 2.39. The number of nitrogens with two attached hydrogens (primary N) is 2. The van der Waals surface area contributed by atoms with Crippen molar-refractivity contribution in [1.82, 2.24) is 10.2 Å². The van der Waals surface area contributed by atoms with Crippen molar-refractivity contribution in [2.45, 2.75) is 44.4 Å². The van der Waals surface area contributed by atoms with E-state index in [0.29, 0.717) is 35.7 Å². The van der Waals surface area contributed by atoms with Crippen LogP contribution in [-0.4, -0.2) is 34.8 Å². The third-order valence-electron chi connectivity index (χ3n) is 6.10.